The van der Waals surface area contributed by atoms with E-state index in [0.29, 0.717) is 11.6 Å². The number of piperidine rings is 1. The minimum atomic E-state index is -0.189. The predicted octanol–water partition coefficient (Wildman–Crippen LogP) is 2.60. The standard InChI is InChI=1S/C17H22N2O2/c1-13-7-9-19(10-8-13)17(21)18-16-12-14(2)5-6-15(16)4-3-11-20/h5-6,12-13,20H,7-11H2,1-2H3,(H,18,21). The third-order valence-electron chi connectivity index (χ3n) is 3.79. The van der Waals surface area contributed by atoms with Gasteiger partial charge in [-0.05, 0) is 43.4 Å². The number of nitrogens with zero attached hydrogens (tertiary/aromatic N) is 1. The van der Waals surface area contributed by atoms with Gasteiger partial charge in [-0.2, -0.15) is 0 Å². The van der Waals surface area contributed by atoms with Gasteiger partial charge in [0.05, 0.1) is 5.69 Å². The quantitative estimate of drug-likeness (QED) is 0.780. The van der Waals surface area contributed by atoms with E-state index in [4.69, 9.17) is 5.11 Å². The second-order valence-corrected chi connectivity index (χ2v) is 5.61. The Hall–Kier alpha value is -1.99. The van der Waals surface area contributed by atoms with Crippen LogP contribution >= 0.6 is 0 Å². The zero-order chi connectivity index (χ0) is 15.2. The molecule has 1 saturated heterocycles. The van der Waals surface area contributed by atoms with Crippen LogP contribution in [0.25, 0.3) is 0 Å². The third kappa shape index (κ3) is 4.24. The van der Waals surface area contributed by atoms with Gasteiger partial charge in [0, 0.05) is 18.7 Å². The van der Waals surface area contributed by atoms with Gasteiger partial charge >= 0.3 is 6.03 Å². The van der Waals surface area contributed by atoms with Crippen LogP contribution in [-0.4, -0.2) is 35.7 Å². The maximum Gasteiger partial charge on any atom is 0.321 e. The van der Waals surface area contributed by atoms with Gasteiger partial charge in [0.1, 0.15) is 6.61 Å². The first kappa shape index (κ1) is 15.4. The number of urea groups is 1. The molecule has 112 valence electrons. The molecule has 2 rings (SSSR count). The molecular formula is C17H22N2O2. The van der Waals surface area contributed by atoms with Crippen molar-refractivity contribution in [3.05, 3.63) is 29.3 Å². The van der Waals surface area contributed by atoms with Gasteiger partial charge in [0.2, 0.25) is 0 Å². The van der Waals surface area contributed by atoms with Crippen molar-refractivity contribution in [1.29, 1.82) is 0 Å². The number of likely N-dealkylation sites (tertiary alicyclic amines) is 1. The lowest BCUT2D eigenvalue weighted by atomic mass is 10.00. The molecule has 4 heteroatoms. The summed E-state index contributed by atoms with van der Waals surface area (Å²) in [7, 11) is 0. The molecule has 0 unspecified atom stereocenters. The normalized spacial score (nSPS) is 15.3. The molecule has 2 N–H and O–H groups in total. The lowest BCUT2D eigenvalue weighted by Crippen LogP contribution is -2.40. The van der Waals surface area contributed by atoms with Crippen molar-refractivity contribution in [2.75, 3.05) is 25.0 Å². The van der Waals surface area contributed by atoms with Crippen LogP contribution < -0.4 is 5.32 Å². The van der Waals surface area contributed by atoms with Gasteiger partial charge in [0.25, 0.3) is 0 Å². The van der Waals surface area contributed by atoms with Crippen LogP contribution in [0.5, 0.6) is 0 Å². The fourth-order valence-electron chi connectivity index (χ4n) is 2.41. The average Bonchev–Trinajstić information content (AvgIpc) is 2.47. The van der Waals surface area contributed by atoms with E-state index in [1.165, 1.54) is 0 Å². The fraction of sp³-hybridized carbons (Fsp3) is 0.471. The summed E-state index contributed by atoms with van der Waals surface area (Å²) >= 11 is 0. The van der Waals surface area contributed by atoms with E-state index in [0.717, 1.165) is 37.1 Å². The summed E-state index contributed by atoms with van der Waals surface area (Å²) in [5, 5.41) is 11.8. The van der Waals surface area contributed by atoms with Crippen molar-refractivity contribution in [2.24, 2.45) is 5.92 Å². The number of carbonyl (C=O) groups excluding carboxylic acids is 1. The molecule has 0 aromatic heterocycles. The van der Waals surface area contributed by atoms with Gasteiger partial charge in [-0.1, -0.05) is 24.8 Å². The third-order valence-corrected chi connectivity index (χ3v) is 3.79. The molecule has 4 nitrogen and oxygen atoms in total. The minimum Gasteiger partial charge on any atom is -0.384 e. The van der Waals surface area contributed by atoms with E-state index >= 15 is 0 Å². The van der Waals surface area contributed by atoms with Crippen LogP contribution in [-0.2, 0) is 0 Å². The number of aliphatic hydroxyl groups excluding tert-OH is 1. The summed E-state index contributed by atoms with van der Waals surface area (Å²) in [6.45, 7) is 5.61. The minimum absolute atomic E-state index is 0.0699. The first-order chi connectivity index (χ1) is 10.1. The average molecular weight is 286 g/mol. The van der Waals surface area contributed by atoms with Crippen LogP contribution in [0, 0.1) is 24.7 Å². The zero-order valence-electron chi connectivity index (χ0n) is 12.6. The van der Waals surface area contributed by atoms with Crippen LogP contribution in [0.4, 0.5) is 10.5 Å². The van der Waals surface area contributed by atoms with Gasteiger partial charge in [-0.3, -0.25) is 0 Å². The highest BCUT2D eigenvalue weighted by molar-refractivity contribution is 5.91. The number of benzene rings is 1. The lowest BCUT2D eigenvalue weighted by Gasteiger charge is -2.30. The summed E-state index contributed by atoms with van der Waals surface area (Å²) in [5.41, 5.74) is 2.50. The van der Waals surface area contributed by atoms with Crippen LogP contribution in [0.1, 0.15) is 30.9 Å². The number of carbonyl (C=O) groups is 1. The molecule has 21 heavy (non-hydrogen) atoms. The number of amides is 2. The Bertz CT molecular complexity index is 564. The van der Waals surface area contributed by atoms with Crippen molar-refractivity contribution >= 4 is 11.7 Å². The summed E-state index contributed by atoms with van der Waals surface area (Å²) in [4.78, 5) is 14.2. The van der Waals surface area contributed by atoms with Gasteiger partial charge in [0.15, 0.2) is 0 Å². The summed E-state index contributed by atoms with van der Waals surface area (Å²) in [5.74, 6) is 6.19. The van der Waals surface area contributed by atoms with Crippen molar-refractivity contribution in [1.82, 2.24) is 4.90 Å². The van der Waals surface area contributed by atoms with Gasteiger partial charge in [-0.15, -0.1) is 0 Å². The molecule has 1 aromatic carbocycles. The molecule has 0 aliphatic carbocycles. The second kappa shape index (κ2) is 7.14. The number of hydrogen-bond acceptors (Lipinski definition) is 2. The number of hydrogen-bond donors (Lipinski definition) is 2. The topological polar surface area (TPSA) is 52.6 Å². The molecule has 0 bridgehead atoms. The Morgan fingerprint density at radius 3 is 2.81 bits per heavy atom. The maximum atomic E-state index is 12.3. The zero-order valence-corrected chi connectivity index (χ0v) is 12.6. The summed E-state index contributed by atoms with van der Waals surface area (Å²) in [6.07, 6.45) is 2.11. The fourth-order valence-corrected chi connectivity index (χ4v) is 2.41. The first-order valence-corrected chi connectivity index (χ1v) is 7.36. The van der Waals surface area contributed by atoms with Crippen LogP contribution in [0.2, 0.25) is 0 Å². The number of rotatable bonds is 1. The van der Waals surface area contributed by atoms with Crippen molar-refractivity contribution < 1.29 is 9.90 Å². The number of aliphatic hydroxyl groups is 1. The Morgan fingerprint density at radius 2 is 2.14 bits per heavy atom. The Morgan fingerprint density at radius 1 is 1.43 bits per heavy atom. The Balaban J connectivity index is 2.11. The van der Waals surface area contributed by atoms with Crippen molar-refractivity contribution in [2.45, 2.75) is 26.7 Å². The molecular weight excluding hydrogens is 264 g/mol. The molecule has 0 saturated carbocycles. The van der Waals surface area contributed by atoms with E-state index in [2.05, 4.69) is 24.1 Å². The predicted molar refractivity (Wildman–Crippen MR) is 84.1 cm³/mol. The molecule has 0 radical (unpaired) electrons. The first-order valence-electron chi connectivity index (χ1n) is 7.36. The highest BCUT2D eigenvalue weighted by Crippen LogP contribution is 2.20. The van der Waals surface area contributed by atoms with Crippen molar-refractivity contribution in [3.63, 3.8) is 0 Å². The van der Waals surface area contributed by atoms with E-state index in [9.17, 15) is 4.79 Å². The van der Waals surface area contributed by atoms with Crippen LogP contribution in [0.15, 0.2) is 18.2 Å². The van der Waals surface area contributed by atoms with E-state index in [1.54, 1.807) is 0 Å². The molecule has 0 spiro atoms. The van der Waals surface area contributed by atoms with E-state index in [-0.39, 0.29) is 12.6 Å². The summed E-state index contributed by atoms with van der Waals surface area (Å²) in [6, 6.07) is 5.65. The van der Waals surface area contributed by atoms with E-state index in [1.807, 2.05) is 30.0 Å². The Kier molecular flexibility index (Phi) is 5.24. The molecule has 1 aromatic rings. The van der Waals surface area contributed by atoms with Gasteiger partial charge in [-0.25, -0.2) is 4.79 Å². The molecule has 1 fully saturated rings. The van der Waals surface area contributed by atoms with Crippen molar-refractivity contribution in [3.8, 4) is 11.8 Å². The number of aryl methyl sites for hydroxylation is 1. The molecule has 1 aliphatic heterocycles. The Labute approximate surface area is 126 Å². The molecule has 1 heterocycles. The highest BCUT2D eigenvalue weighted by atomic mass is 16.2. The largest absolute Gasteiger partial charge is 0.384 e. The summed E-state index contributed by atoms with van der Waals surface area (Å²) < 4.78 is 0. The molecule has 2 amide bonds. The lowest BCUT2D eigenvalue weighted by molar-refractivity contribution is 0.186. The maximum absolute atomic E-state index is 12.3. The number of nitrogens with one attached hydrogen (secondary N) is 1. The van der Waals surface area contributed by atoms with Crippen LogP contribution in [0.3, 0.4) is 0 Å². The smallest absolute Gasteiger partial charge is 0.321 e. The highest BCUT2D eigenvalue weighted by Gasteiger charge is 2.20. The number of anilines is 1. The second-order valence-electron chi connectivity index (χ2n) is 5.61. The monoisotopic (exact) mass is 286 g/mol. The SMILES string of the molecule is Cc1ccc(C#CCO)c(NC(=O)N2CCC(C)CC2)c1. The van der Waals surface area contributed by atoms with E-state index < -0.39 is 0 Å². The molecule has 1 aliphatic rings. The van der Waals surface area contributed by atoms with Gasteiger partial charge < -0.3 is 15.3 Å². The molecule has 0 atom stereocenters.